The van der Waals surface area contributed by atoms with Crippen molar-refractivity contribution in [2.45, 2.75) is 56.0 Å². The van der Waals surface area contributed by atoms with Gasteiger partial charge in [0.15, 0.2) is 0 Å². The summed E-state index contributed by atoms with van der Waals surface area (Å²) in [7, 11) is 0. The van der Waals surface area contributed by atoms with Crippen molar-refractivity contribution in [1.29, 1.82) is 0 Å². The number of likely N-dealkylation sites (tertiary alicyclic amines) is 1. The van der Waals surface area contributed by atoms with Crippen LogP contribution in [0.5, 0.6) is 5.75 Å². The molecular formula is C25H28F4N2O3. The zero-order valence-electron chi connectivity index (χ0n) is 18.9. The molecular weight excluding hydrogens is 452 g/mol. The summed E-state index contributed by atoms with van der Waals surface area (Å²) in [5.41, 5.74) is 4.95. The summed E-state index contributed by atoms with van der Waals surface area (Å²) in [6.45, 7) is 3.14. The Morgan fingerprint density at radius 2 is 2.00 bits per heavy atom. The first-order valence-electron chi connectivity index (χ1n) is 11.3. The second-order valence-corrected chi connectivity index (χ2v) is 9.10. The number of hydrogen-bond donors (Lipinski definition) is 1. The number of halogens is 4. The fraction of sp³-hybridized carbons (Fsp3) is 0.480. The third-order valence-electron chi connectivity index (χ3n) is 6.99. The molecule has 0 spiro atoms. The first-order chi connectivity index (χ1) is 16.1. The number of hydrogen-bond acceptors (Lipinski definition) is 4. The zero-order valence-corrected chi connectivity index (χ0v) is 18.9. The molecule has 2 saturated heterocycles. The predicted molar refractivity (Wildman–Crippen MR) is 118 cm³/mol. The highest BCUT2D eigenvalue weighted by atomic mass is 19.4. The van der Waals surface area contributed by atoms with E-state index in [0.29, 0.717) is 39.0 Å². The Labute approximate surface area is 195 Å². The van der Waals surface area contributed by atoms with E-state index >= 15 is 0 Å². The third-order valence-corrected chi connectivity index (χ3v) is 6.99. The van der Waals surface area contributed by atoms with Crippen LogP contribution < -0.4 is 10.5 Å². The van der Waals surface area contributed by atoms with Crippen LogP contribution in [0.1, 0.15) is 43.2 Å². The Bertz CT molecular complexity index is 1030. The molecule has 9 heteroatoms. The predicted octanol–water partition coefficient (Wildman–Crippen LogP) is 4.50. The Morgan fingerprint density at radius 1 is 1.24 bits per heavy atom. The monoisotopic (exact) mass is 480 g/mol. The summed E-state index contributed by atoms with van der Waals surface area (Å²) in [5, 5.41) is 0. The smallest absolute Gasteiger partial charge is 0.416 e. The summed E-state index contributed by atoms with van der Waals surface area (Å²) in [5.74, 6) is -0.823. The van der Waals surface area contributed by atoms with Gasteiger partial charge in [0.1, 0.15) is 23.2 Å². The second kappa shape index (κ2) is 9.54. The molecule has 2 unspecified atom stereocenters. The van der Waals surface area contributed by atoms with Crippen LogP contribution in [0.25, 0.3) is 0 Å². The fourth-order valence-corrected chi connectivity index (χ4v) is 5.02. The van der Waals surface area contributed by atoms with Gasteiger partial charge in [-0.1, -0.05) is 25.1 Å². The summed E-state index contributed by atoms with van der Waals surface area (Å²) in [6, 6.07) is 11.1. The van der Waals surface area contributed by atoms with Gasteiger partial charge in [0.2, 0.25) is 5.91 Å². The normalized spacial score (nSPS) is 26.9. The van der Waals surface area contributed by atoms with E-state index in [1.807, 2.05) is 17.9 Å². The third kappa shape index (κ3) is 5.05. The molecule has 34 heavy (non-hydrogen) atoms. The molecule has 5 nitrogen and oxygen atoms in total. The van der Waals surface area contributed by atoms with Crippen molar-refractivity contribution in [1.82, 2.24) is 4.90 Å². The van der Waals surface area contributed by atoms with Gasteiger partial charge in [-0.3, -0.25) is 9.69 Å². The van der Waals surface area contributed by atoms with Gasteiger partial charge in [0.25, 0.3) is 0 Å². The van der Waals surface area contributed by atoms with Gasteiger partial charge in [0, 0.05) is 32.0 Å². The molecule has 184 valence electrons. The van der Waals surface area contributed by atoms with Crippen molar-refractivity contribution >= 4 is 5.91 Å². The van der Waals surface area contributed by atoms with Crippen LogP contribution >= 0.6 is 0 Å². The summed E-state index contributed by atoms with van der Waals surface area (Å²) in [6.07, 6.45) is -3.86. The van der Waals surface area contributed by atoms with Crippen molar-refractivity contribution in [2.24, 2.45) is 5.73 Å². The first kappa shape index (κ1) is 24.5. The zero-order chi connectivity index (χ0) is 24.5. The molecule has 4 rings (SSSR count). The molecule has 2 N–H and O–H groups in total. The lowest BCUT2D eigenvalue weighted by Crippen LogP contribution is -2.61. The number of nitrogens with zero attached hydrogens (tertiary/aromatic N) is 1. The number of rotatable bonds is 6. The molecule has 1 amide bonds. The van der Waals surface area contributed by atoms with Gasteiger partial charge in [-0.05, 0) is 48.7 Å². The van der Waals surface area contributed by atoms with E-state index in [2.05, 4.69) is 0 Å². The lowest BCUT2D eigenvalue weighted by molar-refractivity contribution is -0.142. The molecule has 2 aromatic rings. The maximum absolute atomic E-state index is 13.7. The van der Waals surface area contributed by atoms with Crippen LogP contribution in [0.3, 0.4) is 0 Å². The number of amides is 1. The van der Waals surface area contributed by atoms with E-state index in [1.54, 1.807) is 6.07 Å². The maximum Gasteiger partial charge on any atom is 0.416 e. The topological polar surface area (TPSA) is 64.8 Å². The molecule has 2 aromatic carbocycles. The average molecular weight is 481 g/mol. The van der Waals surface area contributed by atoms with Crippen molar-refractivity contribution in [3.05, 3.63) is 65.5 Å². The van der Waals surface area contributed by atoms with Crippen molar-refractivity contribution in [3.8, 4) is 5.75 Å². The number of ether oxygens (including phenoxy) is 2. The van der Waals surface area contributed by atoms with Crippen LogP contribution in [-0.2, 0) is 15.7 Å². The number of nitrogens with two attached hydrogens (primary N) is 1. The van der Waals surface area contributed by atoms with Crippen LogP contribution in [0, 0.1) is 5.82 Å². The standard InChI is InChI=1S/C25H28F4N2O3/c1-16(17-4-2-6-19(26)12-17)22-14-24(23(30)32,9-11-33-22)31-10-8-21(15-31)34-20-7-3-5-18(13-20)25(27,28)29/h2-7,12-13,16,21-22H,8-11,14-15H2,1H3,(H2,30,32)/t16-,21+,22?,24?/m0/s1. The average Bonchev–Trinajstić information content (AvgIpc) is 3.27. The van der Waals surface area contributed by atoms with Gasteiger partial charge in [0.05, 0.1) is 11.7 Å². The van der Waals surface area contributed by atoms with Crippen LogP contribution in [-0.4, -0.2) is 48.3 Å². The van der Waals surface area contributed by atoms with E-state index < -0.39 is 23.2 Å². The van der Waals surface area contributed by atoms with Crippen molar-refractivity contribution < 1.29 is 31.8 Å². The van der Waals surface area contributed by atoms with Gasteiger partial charge < -0.3 is 15.2 Å². The molecule has 2 aliphatic rings. The maximum atomic E-state index is 13.7. The Balaban J connectivity index is 1.48. The summed E-state index contributed by atoms with van der Waals surface area (Å²) in [4.78, 5) is 14.7. The van der Waals surface area contributed by atoms with E-state index in [4.69, 9.17) is 15.2 Å². The molecule has 0 saturated carbocycles. The van der Waals surface area contributed by atoms with E-state index in [9.17, 15) is 22.4 Å². The molecule has 0 bridgehead atoms. The molecule has 2 heterocycles. The van der Waals surface area contributed by atoms with E-state index in [1.165, 1.54) is 24.3 Å². The number of carbonyl (C=O) groups is 1. The van der Waals surface area contributed by atoms with E-state index in [-0.39, 0.29) is 29.7 Å². The van der Waals surface area contributed by atoms with Crippen molar-refractivity contribution in [2.75, 3.05) is 19.7 Å². The highest BCUT2D eigenvalue weighted by Gasteiger charge is 2.50. The van der Waals surface area contributed by atoms with Gasteiger partial charge in [-0.2, -0.15) is 13.2 Å². The Kier molecular flexibility index (Phi) is 6.87. The van der Waals surface area contributed by atoms with Crippen LogP contribution in [0.2, 0.25) is 0 Å². The summed E-state index contributed by atoms with van der Waals surface area (Å²) >= 11 is 0. The molecule has 0 radical (unpaired) electrons. The molecule has 4 atom stereocenters. The lowest BCUT2D eigenvalue weighted by Gasteiger charge is -2.46. The highest BCUT2D eigenvalue weighted by Crippen LogP contribution is 2.39. The van der Waals surface area contributed by atoms with E-state index in [0.717, 1.165) is 17.7 Å². The molecule has 2 aliphatic heterocycles. The van der Waals surface area contributed by atoms with Crippen LogP contribution in [0.15, 0.2) is 48.5 Å². The Hall–Kier alpha value is -2.65. The number of primary amides is 1. The molecule has 0 aliphatic carbocycles. The summed E-state index contributed by atoms with van der Waals surface area (Å²) < 4.78 is 64.6. The lowest BCUT2D eigenvalue weighted by atomic mass is 9.79. The Morgan fingerprint density at radius 3 is 2.71 bits per heavy atom. The SMILES string of the molecule is C[C@@H](c1cccc(F)c1)C1CC(C(N)=O)(N2CC[C@@H](Oc3cccc(C(F)(F)F)c3)C2)CCO1. The molecule has 2 fully saturated rings. The number of carbonyl (C=O) groups excluding carboxylic acids is 1. The molecule has 0 aromatic heterocycles. The van der Waals surface area contributed by atoms with Crippen LogP contribution in [0.4, 0.5) is 17.6 Å². The minimum atomic E-state index is -4.45. The fourth-order valence-electron chi connectivity index (χ4n) is 5.02. The number of benzene rings is 2. The second-order valence-electron chi connectivity index (χ2n) is 9.10. The first-order valence-corrected chi connectivity index (χ1v) is 11.3. The quantitative estimate of drug-likeness (QED) is 0.619. The van der Waals surface area contributed by atoms with Gasteiger partial charge in [-0.15, -0.1) is 0 Å². The highest BCUT2D eigenvalue weighted by molar-refractivity contribution is 5.85. The minimum absolute atomic E-state index is 0.138. The van der Waals surface area contributed by atoms with Crippen molar-refractivity contribution in [3.63, 3.8) is 0 Å². The van der Waals surface area contributed by atoms with Gasteiger partial charge in [-0.25, -0.2) is 4.39 Å². The van der Waals surface area contributed by atoms with Gasteiger partial charge >= 0.3 is 6.18 Å². The largest absolute Gasteiger partial charge is 0.489 e. The minimum Gasteiger partial charge on any atom is -0.489 e. The number of alkyl halides is 3.